The third-order valence-electron chi connectivity index (χ3n) is 5.71. The molecule has 2 aliphatic carbocycles. The molecule has 1 aromatic rings. The topological polar surface area (TPSA) is 46.6 Å². The van der Waals surface area contributed by atoms with E-state index < -0.39 is 10.0 Å². The van der Waals surface area contributed by atoms with Crippen molar-refractivity contribution in [1.29, 1.82) is 0 Å². The minimum Gasteiger partial charge on any atom is -0.384 e. The van der Waals surface area contributed by atoms with E-state index >= 15 is 0 Å². The van der Waals surface area contributed by atoms with Gasteiger partial charge in [-0.25, -0.2) is 8.42 Å². The van der Waals surface area contributed by atoms with Crippen molar-refractivity contribution in [2.24, 2.45) is 23.2 Å². The van der Waals surface area contributed by atoms with E-state index in [4.69, 9.17) is 4.74 Å². The van der Waals surface area contributed by atoms with E-state index in [1.807, 2.05) is 19.1 Å². The Kier molecular flexibility index (Phi) is 3.36. The minimum atomic E-state index is -3.45. The van der Waals surface area contributed by atoms with Crippen molar-refractivity contribution in [3.05, 3.63) is 42.1 Å². The lowest BCUT2D eigenvalue weighted by molar-refractivity contribution is 0.143. The van der Waals surface area contributed by atoms with Crippen LogP contribution in [0, 0.1) is 30.1 Å². The number of fused-ring (bicyclic) bond motifs is 1. The van der Waals surface area contributed by atoms with Crippen LogP contribution in [-0.2, 0) is 14.8 Å². The normalized spacial score (nSPS) is 32.7. The number of benzene rings is 1. The van der Waals surface area contributed by atoms with E-state index in [0.717, 1.165) is 11.5 Å². The Hall–Kier alpha value is -1.33. The number of sulfonamides is 1. The summed E-state index contributed by atoms with van der Waals surface area (Å²) in [5.74, 6) is 1.76. The van der Waals surface area contributed by atoms with Crippen LogP contribution in [0.2, 0.25) is 0 Å². The van der Waals surface area contributed by atoms with Crippen LogP contribution in [0.5, 0.6) is 0 Å². The maximum atomic E-state index is 12.9. The molecule has 0 amide bonds. The average Bonchev–Trinajstić information content (AvgIpc) is 3.40. The van der Waals surface area contributed by atoms with Crippen molar-refractivity contribution < 1.29 is 13.2 Å². The molecule has 1 heterocycles. The Balaban J connectivity index is 1.60. The molecule has 0 aromatic heterocycles. The summed E-state index contributed by atoms with van der Waals surface area (Å²) in [6.45, 7) is 3.24. The summed E-state index contributed by atoms with van der Waals surface area (Å²) in [7, 11) is -1.72. The Bertz CT molecular complexity index is 736. The zero-order valence-electron chi connectivity index (χ0n) is 13.6. The van der Waals surface area contributed by atoms with Crippen LogP contribution in [0.15, 0.2) is 41.4 Å². The van der Waals surface area contributed by atoms with Crippen LogP contribution in [0.4, 0.5) is 0 Å². The van der Waals surface area contributed by atoms with Crippen molar-refractivity contribution in [2.45, 2.75) is 24.7 Å². The molecule has 0 bridgehead atoms. The van der Waals surface area contributed by atoms with Gasteiger partial charge in [0.05, 0.1) is 11.5 Å². The first-order valence-corrected chi connectivity index (χ1v) is 9.70. The molecule has 4 nitrogen and oxygen atoms in total. The van der Waals surface area contributed by atoms with Crippen LogP contribution in [-0.4, -0.2) is 33.0 Å². The van der Waals surface area contributed by atoms with Gasteiger partial charge in [-0.05, 0) is 49.7 Å². The highest BCUT2D eigenvalue weighted by Gasteiger charge is 2.68. The lowest BCUT2D eigenvalue weighted by Gasteiger charge is -2.26. The summed E-state index contributed by atoms with van der Waals surface area (Å²) in [4.78, 5) is 0.371. The molecular formula is C18H23NO3S. The molecule has 0 spiro atoms. The Morgan fingerprint density at radius 3 is 2.57 bits per heavy atom. The Morgan fingerprint density at radius 2 is 1.96 bits per heavy atom. The summed E-state index contributed by atoms with van der Waals surface area (Å²) in [6, 6.07) is 7.08. The number of methoxy groups -OCH3 is 1. The zero-order valence-corrected chi connectivity index (χ0v) is 14.4. The van der Waals surface area contributed by atoms with Crippen LogP contribution >= 0.6 is 0 Å². The Morgan fingerprint density at radius 1 is 1.26 bits per heavy atom. The molecule has 3 atom stereocenters. The number of ether oxygens (including phenoxy) is 1. The molecule has 3 unspecified atom stereocenters. The second-order valence-electron chi connectivity index (χ2n) is 7.22. The molecule has 0 radical (unpaired) electrons. The second-order valence-corrected chi connectivity index (χ2v) is 9.11. The summed E-state index contributed by atoms with van der Waals surface area (Å²) < 4.78 is 32.7. The third-order valence-corrected chi connectivity index (χ3v) is 7.47. The highest BCUT2D eigenvalue weighted by atomic mass is 32.2. The number of hydrogen-bond donors (Lipinski definition) is 0. The molecule has 4 rings (SSSR count). The van der Waals surface area contributed by atoms with Crippen molar-refractivity contribution in [3.63, 3.8) is 0 Å². The quantitative estimate of drug-likeness (QED) is 0.832. The van der Waals surface area contributed by atoms with Crippen molar-refractivity contribution >= 4 is 10.0 Å². The Labute approximate surface area is 138 Å². The van der Waals surface area contributed by atoms with Gasteiger partial charge in [-0.3, -0.25) is 4.31 Å². The van der Waals surface area contributed by atoms with E-state index in [1.165, 1.54) is 17.1 Å². The van der Waals surface area contributed by atoms with Gasteiger partial charge in [0.25, 0.3) is 10.0 Å². The zero-order chi connectivity index (χ0) is 16.2. The highest BCUT2D eigenvalue weighted by molar-refractivity contribution is 7.89. The third kappa shape index (κ3) is 2.32. The molecular weight excluding hydrogens is 310 g/mol. The van der Waals surface area contributed by atoms with Crippen molar-refractivity contribution in [3.8, 4) is 0 Å². The average molecular weight is 333 g/mol. The van der Waals surface area contributed by atoms with Crippen LogP contribution in [0.1, 0.15) is 18.4 Å². The summed E-state index contributed by atoms with van der Waals surface area (Å²) in [5, 5.41) is 0. The van der Waals surface area contributed by atoms with Gasteiger partial charge >= 0.3 is 0 Å². The smallest absolute Gasteiger partial charge is 0.263 e. The highest BCUT2D eigenvalue weighted by Crippen LogP contribution is 2.69. The van der Waals surface area contributed by atoms with Gasteiger partial charge in [0.2, 0.25) is 0 Å². The fourth-order valence-corrected chi connectivity index (χ4v) is 5.65. The van der Waals surface area contributed by atoms with Crippen LogP contribution in [0.25, 0.3) is 0 Å². The van der Waals surface area contributed by atoms with E-state index in [1.54, 1.807) is 25.4 Å². The minimum absolute atomic E-state index is 0.0786. The molecule has 5 heteroatoms. The predicted molar refractivity (Wildman–Crippen MR) is 88.2 cm³/mol. The first-order chi connectivity index (χ1) is 11.0. The van der Waals surface area contributed by atoms with E-state index in [2.05, 4.69) is 6.08 Å². The van der Waals surface area contributed by atoms with Crippen LogP contribution in [0.3, 0.4) is 0 Å². The molecule has 124 valence electrons. The summed E-state index contributed by atoms with van der Waals surface area (Å²) in [5.41, 5.74) is 1.14. The second kappa shape index (κ2) is 5.08. The largest absolute Gasteiger partial charge is 0.384 e. The monoisotopic (exact) mass is 333 g/mol. The first-order valence-electron chi connectivity index (χ1n) is 8.26. The number of hydrogen-bond acceptors (Lipinski definition) is 3. The fraction of sp³-hybridized carbons (Fsp3) is 0.556. The van der Waals surface area contributed by atoms with Gasteiger partial charge in [0.15, 0.2) is 0 Å². The van der Waals surface area contributed by atoms with E-state index in [-0.39, 0.29) is 5.41 Å². The standard InChI is InChI=1S/C18H23NO3S/c1-13-3-7-15(8-4-13)23(20,21)19-10-9-18(12-22-2)16(11-19)17(18)14-5-6-14/h3-4,7-10,14,16-17H,5-6,11-12H2,1-2H3. The molecule has 1 aliphatic heterocycles. The summed E-state index contributed by atoms with van der Waals surface area (Å²) >= 11 is 0. The van der Waals surface area contributed by atoms with Gasteiger partial charge in [-0.2, -0.15) is 0 Å². The fourth-order valence-electron chi connectivity index (χ4n) is 4.32. The van der Waals surface area contributed by atoms with E-state index in [0.29, 0.717) is 29.9 Å². The van der Waals surface area contributed by atoms with Gasteiger partial charge < -0.3 is 4.74 Å². The summed E-state index contributed by atoms with van der Waals surface area (Å²) in [6.07, 6.45) is 6.43. The van der Waals surface area contributed by atoms with E-state index in [9.17, 15) is 8.42 Å². The molecule has 0 N–H and O–H groups in total. The van der Waals surface area contributed by atoms with Crippen LogP contribution < -0.4 is 0 Å². The van der Waals surface area contributed by atoms with Gasteiger partial charge in [0, 0.05) is 25.3 Å². The molecule has 0 saturated heterocycles. The van der Waals surface area contributed by atoms with Gasteiger partial charge in [-0.1, -0.05) is 23.8 Å². The van der Waals surface area contributed by atoms with Crippen molar-refractivity contribution in [2.75, 3.05) is 20.3 Å². The molecule has 3 aliphatic rings. The molecule has 23 heavy (non-hydrogen) atoms. The lowest BCUT2D eigenvalue weighted by atomic mass is 10.0. The number of rotatable bonds is 5. The predicted octanol–water partition coefficient (Wildman–Crippen LogP) is 2.80. The maximum Gasteiger partial charge on any atom is 0.263 e. The SMILES string of the molecule is COCC12C=CN(S(=O)(=O)c3ccc(C)cc3)CC1C2C1CC1. The van der Waals surface area contributed by atoms with Gasteiger partial charge in [0.1, 0.15) is 0 Å². The van der Waals surface area contributed by atoms with Crippen molar-refractivity contribution in [1.82, 2.24) is 4.31 Å². The molecule has 2 fully saturated rings. The lowest BCUT2D eigenvalue weighted by Crippen LogP contribution is -2.32. The first kappa shape index (κ1) is 15.2. The number of nitrogens with zero attached hydrogens (tertiary/aromatic N) is 1. The molecule has 1 aromatic carbocycles. The maximum absolute atomic E-state index is 12.9. The number of aryl methyl sites for hydroxylation is 1. The van der Waals surface area contributed by atoms with Gasteiger partial charge in [-0.15, -0.1) is 0 Å². The molecule has 2 saturated carbocycles.